The first-order valence-corrected chi connectivity index (χ1v) is 10.8. The molecule has 2 aliphatic rings. The number of carbonyl (C=O) groups is 1. The zero-order chi connectivity index (χ0) is 20.9. The number of nitrogens with zero attached hydrogens (tertiary/aromatic N) is 4. The molecule has 0 saturated carbocycles. The van der Waals surface area contributed by atoms with Gasteiger partial charge < -0.3 is 14.5 Å². The number of likely N-dealkylation sites (tertiary alicyclic amines) is 1. The van der Waals surface area contributed by atoms with Crippen molar-refractivity contribution in [2.45, 2.75) is 32.6 Å². The van der Waals surface area contributed by atoms with Crippen LogP contribution in [0.2, 0.25) is 0 Å². The van der Waals surface area contributed by atoms with E-state index < -0.39 is 0 Å². The van der Waals surface area contributed by atoms with E-state index >= 15 is 0 Å². The molecular formula is C23H29FN4O2. The Balaban J connectivity index is 1.32. The number of halogens is 1. The van der Waals surface area contributed by atoms with Crippen molar-refractivity contribution in [1.29, 1.82) is 0 Å². The Labute approximate surface area is 177 Å². The van der Waals surface area contributed by atoms with Crippen LogP contribution >= 0.6 is 0 Å². The summed E-state index contributed by atoms with van der Waals surface area (Å²) in [5.74, 6) is 1.95. The highest BCUT2D eigenvalue weighted by molar-refractivity contribution is 5.93. The van der Waals surface area contributed by atoms with Crippen molar-refractivity contribution >= 4 is 11.9 Å². The number of hydrogen-bond acceptors (Lipinski definition) is 5. The third-order valence-corrected chi connectivity index (χ3v) is 5.93. The predicted molar refractivity (Wildman–Crippen MR) is 113 cm³/mol. The SMILES string of the molecule is C[C@@H]1CCCN(c2ncc(C(=O)N3CCC[C@@H](COc4ccc(F)cc4)C3)cn2)C1. The molecule has 1 aromatic heterocycles. The molecule has 2 fully saturated rings. The zero-order valence-corrected chi connectivity index (χ0v) is 17.5. The molecule has 2 atom stereocenters. The number of hydrogen-bond donors (Lipinski definition) is 0. The molecule has 0 aliphatic carbocycles. The van der Waals surface area contributed by atoms with E-state index in [1.807, 2.05) is 4.90 Å². The van der Waals surface area contributed by atoms with Crippen LogP contribution in [0.5, 0.6) is 5.75 Å². The minimum absolute atomic E-state index is 0.0277. The first-order valence-electron chi connectivity index (χ1n) is 10.8. The average molecular weight is 413 g/mol. The molecule has 0 bridgehead atoms. The van der Waals surface area contributed by atoms with Crippen LogP contribution in [0.15, 0.2) is 36.7 Å². The summed E-state index contributed by atoms with van der Waals surface area (Å²) in [7, 11) is 0. The van der Waals surface area contributed by atoms with Gasteiger partial charge in [0.2, 0.25) is 5.95 Å². The lowest BCUT2D eigenvalue weighted by molar-refractivity contribution is 0.0632. The van der Waals surface area contributed by atoms with Crippen LogP contribution in [0, 0.1) is 17.7 Å². The summed E-state index contributed by atoms with van der Waals surface area (Å²) in [5.41, 5.74) is 0.531. The van der Waals surface area contributed by atoms with Gasteiger partial charge in [0.15, 0.2) is 0 Å². The van der Waals surface area contributed by atoms with E-state index in [1.54, 1.807) is 24.5 Å². The van der Waals surface area contributed by atoms with E-state index in [0.29, 0.717) is 36.3 Å². The molecule has 1 aromatic carbocycles. The van der Waals surface area contributed by atoms with Crippen LogP contribution in [0.1, 0.15) is 43.0 Å². The summed E-state index contributed by atoms with van der Waals surface area (Å²) >= 11 is 0. The van der Waals surface area contributed by atoms with Gasteiger partial charge in [-0.2, -0.15) is 0 Å². The van der Waals surface area contributed by atoms with Crippen molar-refractivity contribution in [2.24, 2.45) is 11.8 Å². The van der Waals surface area contributed by atoms with Crippen molar-refractivity contribution in [2.75, 3.05) is 37.7 Å². The second-order valence-corrected chi connectivity index (χ2v) is 8.49. The third kappa shape index (κ3) is 5.07. The summed E-state index contributed by atoms with van der Waals surface area (Å²) in [6.45, 7) is 6.08. The average Bonchev–Trinajstić information content (AvgIpc) is 2.78. The van der Waals surface area contributed by atoms with Gasteiger partial charge in [-0.1, -0.05) is 6.92 Å². The van der Waals surface area contributed by atoms with Crippen molar-refractivity contribution in [1.82, 2.24) is 14.9 Å². The topological polar surface area (TPSA) is 58.6 Å². The molecule has 7 heteroatoms. The molecule has 2 aliphatic heterocycles. The fourth-order valence-electron chi connectivity index (χ4n) is 4.28. The fourth-order valence-corrected chi connectivity index (χ4v) is 4.28. The third-order valence-electron chi connectivity index (χ3n) is 5.93. The second-order valence-electron chi connectivity index (χ2n) is 8.49. The van der Waals surface area contributed by atoms with Gasteiger partial charge in [0.25, 0.3) is 5.91 Å². The molecule has 2 aromatic rings. The monoisotopic (exact) mass is 412 g/mol. The molecule has 0 unspecified atom stereocenters. The molecule has 0 radical (unpaired) electrons. The highest BCUT2D eigenvalue weighted by Crippen LogP contribution is 2.22. The number of amides is 1. The highest BCUT2D eigenvalue weighted by Gasteiger charge is 2.26. The number of carbonyl (C=O) groups excluding carboxylic acids is 1. The minimum atomic E-state index is -0.278. The molecule has 160 valence electrons. The predicted octanol–water partition coefficient (Wildman–Crippen LogP) is 3.78. The Morgan fingerprint density at radius 3 is 2.57 bits per heavy atom. The van der Waals surface area contributed by atoms with E-state index in [-0.39, 0.29) is 17.6 Å². The number of benzene rings is 1. The van der Waals surface area contributed by atoms with Crippen molar-refractivity contribution < 1.29 is 13.9 Å². The summed E-state index contributed by atoms with van der Waals surface area (Å²) < 4.78 is 18.8. The van der Waals surface area contributed by atoms with Gasteiger partial charge in [-0.15, -0.1) is 0 Å². The lowest BCUT2D eigenvalue weighted by atomic mass is 9.98. The molecule has 30 heavy (non-hydrogen) atoms. The second kappa shape index (κ2) is 9.41. The maximum Gasteiger partial charge on any atom is 0.257 e. The van der Waals surface area contributed by atoms with E-state index in [2.05, 4.69) is 21.8 Å². The Morgan fingerprint density at radius 1 is 1.10 bits per heavy atom. The first kappa shape index (κ1) is 20.6. The van der Waals surface area contributed by atoms with Crippen LogP contribution in [-0.4, -0.2) is 53.6 Å². The van der Waals surface area contributed by atoms with Crippen LogP contribution in [0.4, 0.5) is 10.3 Å². The number of ether oxygens (including phenoxy) is 1. The van der Waals surface area contributed by atoms with Gasteiger partial charge in [-0.05, 0) is 55.9 Å². The van der Waals surface area contributed by atoms with Crippen LogP contribution in [0.3, 0.4) is 0 Å². The Kier molecular flexibility index (Phi) is 6.45. The quantitative estimate of drug-likeness (QED) is 0.748. The van der Waals surface area contributed by atoms with Gasteiger partial charge in [-0.25, -0.2) is 14.4 Å². The minimum Gasteiger partial charge on any atom is -0.493 e. The van der Waals surface area contributed by atoms with E-state index in [0.717, 1.165) is 38.9 Å². The lowest BCUT2D eigenvalue weighted by Gasteiger charge is -2.33. The van der Waals surface area contributed by atoms with E-state index in [9.17, 15) is 9.18 Å². The normalized spacial score (nSPS) is 22.1. The zero-order valence-electron chi connectivity index (χ0n) is 17.5. The molecule has 4 rings (SSSR count). The van der Waals surface area contributed by atoms with Crippen molar-refractivity contribution in [3.63, 3.8) is 0 Å². The molecule has 0 N–H and O–H groups in total. The lowest BCUT2D eigenvalue weighted by Crippen LogP contribution is -2.41. The van der Waals surface area contributed by atoms with E-state index in [1.165, 1.54) is 18.6 Å². The molecular weight excluding hydrogens is 383 g/mol. The van der Waals surface area contributed by atoms with Gasteiger partial charge in [-0.3, -0.25) is 4.79 Å². The largest absolute Gasteiger partial charge is 0.493 e. The Morgan fingerprint density at radius 2 is 1.83 bits per heavy atom. The van der Waals surface area contributed by atoms with Gasteiger partial charge >= 0.3 is 0 Å². The summed E-state index contributed by atoms with van der Waals surface area (Å²) in [5, 5.41) is 0. The van der Waals surface area contributed by atoms with Crippen LogP contribution in [0.25, 0.3) is 0 Å². The molecule has 1 amide bonds. The number of piperidine rings is 2. The standard InChI is InChI=1S/C23H29FN4O2/c1-17-4-2-11-28(14-17)23-25-12-19(13-26-23)22(29)27-10-3-5-18(15-27)16-30-21-8-6-20(24)7-9-21/h6-9,12-13,17-18H,2-5,10-11,14-16H2,1H3/t17-,18-/m1/s1. The van der Waals surface area contributed by atoms with Gasteiger partial charge in [0.05, 0.1) is 12.2 Å². The molecule has 2 saturated heterocycles. The maximum absolute atomic E-state index is 13.0. The smallest absolute Gasteiger partial charge is 0.257 e. The van der Waals surface area contributed by atoms with Crippen LogP contribution in [-0.2, 0) is 0 Å². The van der Waals surface area contributed by atoms with Gasteiger partial charge in [0.1, 0.15) is 11.6 Å². The van der Waals surface area contributed by atoms with Crippen molar-refractivity contribution in [3.8, 4) is 5.75 Å². The van der Waals surface area contributed by atoms with Crippen molar-refractivity contribution in [3.05, 3.63) is 48.0 Å². The maximum atomic E-state index is 13.0. The fraction of sp³-hybridized carbons (Fsp3) is 0.522. The Bertz CT molecular complexity index is 843. The molecule has 0 spiro atoms. The highest BCUT2D eigenvalue weighted by atomic mass is 19.1. The Hall–Kier alpha value is -2.70. The van der Waals surface area contributed by atoms with E-state index in [4.69, 9.17) is 4.74 Å². The number of rotatable bonds is 5. The summed E-state index contributed by atoms with van der Waals surface area (Å²) in [6, 6.07) is 6.03. The van der Waals surface area contributed by atoms with Crippen LogP contribution < -0.4 is 9.64 Å². The van der Waals surface area contributed by atoms with Gasteiger partial charge in [0, 0.05) is 44.5 Å². The molecule has 3 heterocycles. The molecule has 6 nitrogen and oxygen atoms in total. The summed E-state index contributed by atoms with van der Waals surface area (Å²) in [4.78, 5) is 25.9. The number of anilines is 1. The first-order chi connectivity index (χ1) is 14.6. The summed E-state index contributed by atoms with van der Waals surface area (Å²) in [6.07, 6.45) is 7.65. The number of aromatic nitrogens is 2.